The van der Waals surface area contributed by atoms with Crippen molar-refractivity contribution in [1.82, 2.24) is 4.90 Å². The monoisotopic (exact) mass is 530 g/mol. The second kappa shape index (κ2) is 9.76. The SMILES string of the molecule is COc1cc(C(=S)N2CCCC2)cc(I)c1OCC(=O)Nc1cccc(Cl)c1. The molecule has 2 aromatic rings. The predicted octanol–water partition coefficient (Wildman–Crippen LogP) is 4.74. The molecule has 1 fully saturated rings. The van der Waals surface area contributed by atoms with Gasteiger partial charge < -0.3 is 19.7 Å². The van der Waals surface area contributed by atoms with Gasteiger partial charge in [0.1, 0.15) is 4.99 Å². The number of hydrogen-bond acceptors (Lipinski definition) is 4. The summed E-state index contributed by atoms with van der Waals surface area (Å²) in [5, 5.41) is 3.31. The summed E-state index contributed by atoms with van der Waals surface area (Å²) < 4.78 is 12.1. The Labute approximate surface area is 188 Å². The van der Waals surface area contributed by atoms with Crippen molar-refractivity contribution in [3.63, 3.8) is 0 Å². The maximum atomic E-state index is 12.2. The first-order chi connectivity index (χ1) is 13.5. The minimum absolute atomic E-state index is 0.144. The third-order valence-electron chi connectivity index (χ3n) is 4.33. The highest BCUT2D eigenvalue weighted by atomic mass is 127. The standard InChI is InChI=1S/C20H20ClIN2O3S/c1-26-17-10-13(20(28)24-7-2-3-8-24)9-16(22)19(17)27-12-18(25)23-15-6-4-5-14(21)11-15/h4-6,9-11H,2-3,7-8,12H2,1H3,(H,23,25). The zero-order chi connectivity index (χ0) is 20.1. The molecule has 148 valence electrons. The number of amides is 1. The Balaban J connectivity index is 1.69. The van der Waals surface area contributed by atoms with Gasteiger partial charge in [-0.05, 0) is 65.8 Å². The molecule has 0 aromatic heterocycles. The first-order valence-corrected chi connectivity index (χ1v) is 10.7. The van der Waals surface area contributed by atoms with E-state index in [9.17, 15) is 4.79 Å². The summed E-state index contributed by atoms with van der Waals surface area (Å²) in [4.78, 5) is 15.2. The maximum Gasteiger partial charge on any atom is 0.262 e. The molecule has 28 heavy (non-hydrogen) atoms. The fraction of sp³-hybridized carbons (Fsp3) is 0.300. The van der Waals surface area contributed by atoms with Crippen molar-refractivity contribution >= 4 is 63.0 Å². The summed E-state index contributed by atoms with van der Waals surface area (Å²) in [6.07, 6.45) is 2.33. The van der Waals surface area contributed by atoms with Gasteiger partial charge >= 0.3 is 0 Å². The van der Waals surface area contributed by atoms with Crippen LogP contribution in [0.3, 0.4) is 0 Å². The average Bonchev–Trinajstić information content (AvgIpc) is 3.20. The van der Waals surface area contributed by atoms with E-state index < -0.39 is 0 Å². The van der Waals surface area contributed by atoms with Crippen molar-refractivity contribution in [2.75, 3.05) is 32.1 Å². The summed E-state index contributed by atoms with van der Waals surface area (Å²) in [5.41, 5.74) is 1.54. The molecule has 0 saturated carbocycles. The van der Waals surface area contributed by atoms with Crippen molar-refractivity contribution < 1.29 is 14.3 Å². The number of halogens is 2. The molecule has 3 rings (SSSR count). The van der Waals surface area contributed by atoms with E-state index in [1.165, 1.54) is 0 Å². The molecular weight excluding hydrogens is 511 g/mol. The molecule has 0 spiro atoms. The van der Waals surface area contributed by atoms with Gasteiger partial charge in [-0.3, -0.25) is 4.79 Å². The lowest BCUT2D eigenvalue weighted by Gasteiger charge is -2.20. The average molecular weight is 531 g/mol. The second-order valence-corrected chi connectivity index (χ2v) is 8.32. The van der Waals surface area contributed by atoms with Gasteiger partial charge in [-0.1, -0.05) is 29.9 Å². The number of methoxy groups -OCH3 is 1. The van der Waals surface area contributed by atoms with Crippen LogP contribution in [0.25, 0.3) is 0 Å². The van der Waals surface area contributed by atoms with Crippen LogP contribution in [0.15, 0.2) is 36.4 Å². The van der Waals surface area contributed by atoms with E-state index in [-0.39, 0.29) is 12.5 Å². The molecule has 2 aromatic carbocycles. The molecule has 1 N–H and O–H groups in total. The van der Waals surface area contributed by atoms with Gasteiger partial charge in [0.15, 0.2) is 18.1 Å². The van der Waals surface area contributed by atoms with Crippen molar-refractivity contribution in [2.45, 2.75) is 12.8 Å². The van der Waals surface area contributed by atoms with Crippen LogP contribution < -0.4 is 14.8 Å². The van der Waals surface area contributed by atoms with Gasteiger partial charge in [0.25, 0.3) is 5.91 Å². The number of carbonyl (C=O) groups is 1. The van der Waals surface area contributed by atoms with E-state index in [4.69, 9.17) is 33.3 Å². The number of nitrogens with zero attached hydrogens (tertiary/aromatic N) is 1. The summed E-state index contributed by atoms with van der Waals surface area (Å²) in [7, 11) is 1.58. The zero-order valence-corrected chi connectivity index (χ0v) is 19.1. The van der Waals surface area contributed by atoms with E-state index in [2.05, 4.69) is 32.8 Å². The van der Waals surface area contributed by atoms with Crippen LogP contribution in [0.5, 0.6) is 11.5 Å². The molecule has 0 radical (unpaired) electrons. The molecule has 0 unspecified atom stereocenters. The Morgan fingerprint density at radius 2 is 2.04 bits per heavy atom. The third-order valence-corrected chi connectivity index (χ3v) is 5.86. The van der Waals surface area contributed by atoms with Crippen LogP contribution in [0.1, 0.15) is 18.4 Å². The van der Waals surface area contributed by atoms with Crippen LogP contribution in [0, 0.1) is 3.57 Å². The maximum absolute atomic E-state index is 12.2. The summed E-state index contributed by atoms with van der Waals surface area (Å²) in [6.45, 7) is 1.83. The smallest absolute Gasteiger partial charge is 0.262 e. The summed E-state index contributed by atoms with van der Waals surface area (Å²) >= 11 is 13.7. The molecule has 0 bridgehead atoms. The molecule has 1 aliphatic heterocycles. The molecule has 8 heteroatoms. The number of nitrogens with one attached hydrogen (secondary N) is 1. The van der Waals surface area contributed by atoms with Crippen LogP contribution >= 0.6 is 46.4 Å². The van der Waals surface area contributed by atoms with Crippen molar-refractivity contribution in [2.24, 2.45) is 0 Å². The van der Waals surface area contributed by atoms with Gasteiger partial charge in [0, 0.05) is 29.4 Å². The number of carbonyl (C=O) groups excluding carboxylic acids is 1. The second-order valence-electron chi connectivity index (χ2n) is 6.34. The Kier molecular flexibility index (Phi) is 7.36. The van der Waals surface area contributed by atoms with Crippen molar-refractivity contribution in [3.8, 4) is 11.5 Å². The Morgan fingerprint density at radius 1 is 1.29 bits per heavy atom. The van der Waals surface area contributed by atoms with Gasteiger partial charge in [-0.15, -0.1) is 0 Å². The zero-order valence-electron chi connectivity index (χ0n) is 15.3. The summed E-state index contributed by atoms with van der Waals surface area (Å²) in [5.74, 6) is 0.799. The first-order valence-electron chi connectivity index (χ1n) is 8.83. The number of anilines is 1. The van der Waals surface area contributed by atoms with Crippen molar-refractivity contribution in [3.05, 3.63) is 50.6 Å². The van der Waals surface area contributed by atoms with E-state index in [1.54, 1.807) is 31.4 Å². The molecule has 5 nitrogen and oxygen atoms in total. The highest BCUT2D eigenvalue weighted by Gasteiger charge is 2.20. The van der Waals surface area contributed by atoms with Crippen LogP contribution in [0.4, 0.5) is 5.69 Å². The normalized spacial score (nSPS) is 13.3. The van der Waals surface area contributed by atoms with E-state index >= 15 is 0 Å². The lowest BCUT2D eigenvalue weighted by Crippen LogP contribution is -2.26. The highest BCUT2D eigenvalue weighted by Crippen LogP contribution is 2.34. The Bertz CT molecular complexity index is 888. The number of likely N-dealkylation sites (tertiary alicyclic amines) is 1. The Hall–Kier alpha value is -1.58. The number of rotatable bonds is 6. The van der Waals surface area contributed by atoms with Gasteiger partial charge in [0.05, 0.1) is 10.7 Å². The fourth-order valence-corrected chi connectivity index (χ4v) is 4.23. The molecular formula is C20H20ClIN2O3S. The lowest BCUT2D eigenvalue weighted by atomic mass is 10.2. The highest BCUT2D eigenvalue weighted by molar-refractivity contribution is 14.1. The number of ether oxygens (including phenoxy) is 2. The van der Waals surface area contributed by atoms with E-state index in [0.717, 1.165) is 40.1 Å². The minimum atomic E-state index is -0.281. The van der Waals surface area contributed by atoms with Crippen molar-refractivity contribution in [1.29, 1.82) is 0 Å². The Morgan fingerprint density at radius 3 is 2.71 bits per heavy atom. The van der Waals surface area contributed by atoms with Crippen LogP contribution in [-0.4, -0.2) is 42.6 Å². The molecule has 1 amide bonds. The van der Waals surface area contributed by atoms with Gasteiger partial charge in [0.2, 0.25) is 0 Å². The number of hydrogen-bond donors (Lipinski definition) is 1. The van der Waals surface area contributed by atoms with Gasteiger partial charge in [-0.2, -0.15) is 0 Å². The topological polar surface area (TPSA) is 50.8 Å². The fourth-order valence-electron chi connectivity index (χ4n) is 2.99. The molecule has 0 aliphatic carbocycles. The largest absolute Gasteiger partial charge is 0.493 e. The molecule has 1 heterocycles. The number of thiocarbonyl (C=S) groups is 1. The lowest BCUT2D eigenvalue weighted by molar-refractivity contribution is -0.118. The predicted molar refractivity (Wildman–Crippen MR) is 124 cm³/mol. The first kappa shape index (κ1) is 21.1. The quantitative estimate of drug-likeness (QED) is 0.432. The van der Waals surface area contributed by atoms with Gasteiger partial charge in [-0.25, -0.2) is 0 Å². The third kappa shape index (κ3) is 5.27. The number of benzene rings is 2. The van der Waals surface area contributed by atoms with Crippen LogP contribution in [0.2, 0.25) is 5.02 Å². The molecule has 1 saturated heterocycles. The molecule has 0 atom stereocenters. The van der Waals surface area contributed by atoms with E-state index in [1.807, 2.05) is 12.1 Å². The molecule has 1 aliphatic rings. The van der Waals surface area contributed by atoms with Crippen LogP contribution in [-0.2, 0) is 4.79 Å². The van der Waals surface area contributed by atoms with E-state index in [0.29, 0.717) is 22.2 Å². The minimum Gasteiger partial charge on any atom is -0.493 e. The summed E-state index contributed by atoms with van der Waals surface area (Å²) in [6, 6.07) is 10.8.